The van der Waals surface area contributed by atoms with Gasteiger partial charge in [-0.25, -0.2) is 0 Å². The first-order valence-electron chi connectivity index (χ1n) is 8.57. The second-order valence-corrected chi connectivity index (χ2v) is 8.09. The maximum absolute atomic E-state index is 4.27. The first kappa shape index (κ1) is 12.2. The van der Waals surface area contributed by atoms with Crippen molar-refractivity contribution in [1.29, 1.82) is 0 Å². The molecule has 1 unspecified atom stereocenters. The highest BCUT2D eigenvalue weighted by molar-refractivity contribution is 5.38. The van der Waals surface area contributed by atoms with Crippen LogP contribution in [0.5, 0.6) is 0 Å². The minimum Gasteiger partial charge on any atom is -0.0958 e. The van der Waals surface area contributed by atoms with Gasteiger partial charge in [-0.15, -0.1) is 0 Å². The van der Waals surface area contributed by atoms with Crippen molar-refractivity contribution in [2.75, 3.05) is 0 Å². The number of hydrogen-bond acceptors (Lipinski definition) is 0. The summed E-state index contributed by atoms with van der Waals surface area (Å²) in [7, 11) is 0. The molecular weight excluding hydrogens is 228 g/mol. The molecule has 19 heavy (non-hydrogen) atoms. The summed E-state index contributed by atoms with van der Waals surface area (Å²) in [6.45, 7) is 6.78. The van der Waals surface area contributed by atoms with Crippen LogP contribution in [0.3, 0.4) is 0 Å². The SMILES string of the molecule is C=C1C=C2[C@@H]3CCC4CCCC[C@@H]4[C@H]3CC[C@]2(C)C1. The van der Waals surface area contributed by atoms with Crippen LogP contribution < -0.4 is 0 Å². The lowest BCUT2D eigenvalue weighted by molar-refractivity contribution is 0.0282. The topological polar surface area (TPSA) is 0 Å². The van der Waals surface area contributed by atoms with Crippen molar-refractivity contribution in [3.8, 4) is 0 Å². The van der Waals surface area contributed by atoms with Gasteiger partial charge in [0.2, 0.25) is 0 Å². The third-order valence-electron chi connectivity index (χ3n) is 6.99. The first-order chi connectivity index (χ1) is 9.17. The Balaban J connectivity index is 1.65. The van der Waals surface area contributed by atoms with Crippen LogP contribution in [0.1, 0.15) is 64.7 Å². The molecule has 0 radical (unpaired) electrons. The summed E-state index contributed by atoms with van der Waals surface area (Å²) >= 11 is 0. The molecule has 3 fully saturated rings. The normalized spacial score (nSPS) is 49.1. The van der Waals surface area contributed by atoms with Crippen LogP contribution in [-0.2, 0) is 0 Å². The lowest BCUT2D eigenvalue weighted by Gasteiger charge is -2.52. The largest absolute Gasteiger partial charge is 0.0958 e. The standard InChI is InChI=1S/C19H28/c1-13-11-18-17-8-7-14-5-3-4-6-15(14)16(17)9-10-19(18,2)12-13/h11,14-17H,1,3-10,12H2,2H3/t14?,15-,16+,17+,19+/m0/s1. The minimum absolute atomic E-state index is 0.500. The highest BCUT2D eigenvalue weighted by Gasteiger charge is 2.50. The lowest BCUT2D eigenvalue weighted by atomic mass is 9.52. The quantitative estimate of drug-likeness (QED) is 0.536. The predicted molar refractivity (Wildman–Crippen MR) is 80.8 cm³/mol. The second kappa shape index (κ2) is 4.24. The van der Waals surface area contributed by atoms with E-state index in [0.29, 0.717) is 5.41 Å². The van der Waals surface area contributed by atoms with Crippen LogP contribution in [0.2, 0.25) is 0 Å². The van der Waals surface area contributed by atoms with Gasteiger partial charge in [0.15, 0.2) is 0 Å². The summed E-state index contributed by atoms with van der Waals surface area (Å²) in [4.78, 5) is 0. The summed E-state index contributed by atoms with van der Waals surface area (Å²) in [6.07, 6.45) is 15.8. The molecule has 0 spiro atoms. The number of allylic oxidation sites excluding steroid dienone is 3. The first-order valence-corrected chi connectivity index (χ1v) is 8.57. The average Bonchev–Trinajstić information content (AvgIpc) is 2.73. The second-order valence-electron chi connectivity index (χ2n) is 8.09. The summed E-state index contributed by atoms with van der Waals surface area (Å²) in [6, 6.07) is 0. The van der Waals surface area contributed by atoms with Crippen molar-refractivity contribution in [1.82, 2.24) is 0 Å². The number of rotatable bonds is 0. The van der Waals surface area contributed by atoms with Gasteiger partial charge in [0.1, 0.15) is 0 Å². The van der Waals surface area contributed by atoms with Crippen LogP contribution in [-0.4, -0.2) is 0 Å². The van der Waals surface area contributed by atoms with Gasteiger partial charge < -0.3 is 0 Å². The molecule has 0 aromatic heterocycles. The Kier molecular flexibility index (Phi) is 2.73. The zero-order chi connectivity index (χ0) is 13.0. The lowest BCUT2D eigenvalue weighted by Crippen LogP contribution is -2.43. The van der Waals surface area contributed by atoms with Gasteiger partial charge in [-0.05, 0) is 67.6 Å². The molecule has 0 nitrogen and oxygen atoms in total. The van der Waals surface area contributed by atoms with E-state index in [1.807, 2.05) is 5.57 Å². The molecule has 0 amide bonds. The predicted octanol–water partition coefficient (Wildman–Crippen LogP) is 5.51. The molecule has 4 aliphatic rings. The van der Waals surface area contributed by atoms with Crippen LogP contribution in [0.25, 0.3) is 0 Å². The third-order valence-corrected chi connectivity index (χ3v) is 6.99. The summed E-state index contributed by atoms with van der Waals surface area (Å²) < 4.78 is 0. The molecule has 0 heteroatoms. The zero-order valence-corrected chi connectivity index (χ0v) is 12.5. The molecule has 4 aliphatic carbocycles. The summed E-state index contributed by atoms with van der Waals surface area (Å²) in [5.41, 5.74) is 3.72. The average molecular weight is 256 g/mol. The monoisotopic (exact) mass is 256 g/mol. The molecule has 0 aliphatic heterocycles. The van der Waals surface area contributed by atoms with E-state index < -0.39 is 0 Å². The van der Waals surface area contributed by atoms with Gasteiger partial charge in [0, 0.05) is 0 Å². The number of fused-ring (bicyclic) bond motifs is 5. The molecule has 0 N–H and O–H groups in total. The smallest absolute Gasteiger partial charge is 0.00700 e. The third kappa shape index (κ3) is 1.78. The molecule has 5 atom stereocenters. The molecule has 0 heterocycles. The Hall–Kier alpha value is -0.520. The Morgan fingerprint density at radius 3 is 2.79 bits per heavy atom. The highest BCUT2D eigenvalue weighted by atomic mass is 14.5. The van der Waals surface area contributed by atoms with Crippen LogP contribution in [0.4, 0.5) is 0 Å². The molecular formula is C19H28. The Labute approximate surface area is 118 Å². The van der Waals surface area contributed by atoms with Gasteiger partial charge in [-0.1, -0.05) is 50.0 Å². The van der Waals surface area contributed by atoms with E-state index >= 15 is 0 Å². The Morgan fingerprint density at radius 1 is 1.05 bits per heavy atom. The van der Waals surface area contributed by atoms with E-state index in [2.05, 4.69) is 19.6 Å². The van der Waals surface area contributed by atoms with Gasteiger partial charge in [-0.3, -0.25) is 0 Å². The summed E-state index contributed by atoms with van der Waals surface area (Å²) in [5, 5.41) is 0. The van der Waals surface area contributed by atoms with E-state index in [0.717, 1.165) is 23.7 Å². The fraction of sp³-hybridized carbons (Fsp3) is 0.789. The fourth-order valence-electron chi connectivity index (χ4n) is 6.19. The van der Waals surface area contributed by atoms with Crippen molar-refractivity contribution in [3.63, 3.8) is 0 Å². The molecule has 0 bridgehead atoms. The molecule has 3 saturated carbocycles. The molecule has 0 saturated heterocycles. The number of hydrogen-bond donors (Lipinski definition) is 0. The van der Waals surface area contributed by atoms with E-state index in [-0.39, 0.29) is 0 Å². The zero-order valence-electron chi connectivity index (χ0n) is 12.5. The van der Waals surface area contributed by atoms with Crippen molar-refractivity contribution >= 4 is 0 Å². The van der Waals surface area contributed by atoms with Crippen molar-refractivity contribution in [2.45, 2.75) is 64.7 Å². The van der Waals surface area contributed by atoms with Crippen molar-refractivity contribution in [2.24, 2.45) is 29.1 Å². The van der Waals surface area contributed by atoms with E-state index in [9.17, 15) is 0 Å². The minimum atomic E-state index is 0.500. The van der Waals surface area contributed by atoms with E-state index in [1.54, 1.807) is 0 Å². The van der Waals surface area contributed by atoms with Crippen LogP contribution in [0, 0.1) is 29.1 Å². The Morgan fingerprint density at radius 2 is 1.89 bits per heavy atom. The Bertz CT molecular complexity index is 429. The molecule has 0 aromatic rings. The maximum Gasteiger partial charge on any atom is -0.00700 e. The van der Waals surface area contributed by atoms with Crippen LogP contribution in [0.15, 0.2) is 23.8 Å². The van der Waals surface area contributed by atoms with E-state index in [1.165, 1.54) is 63.4 Å². The molecule has 104 valence electrons. The molecule has 0 aromatic carbocycles. The molecule has 4 rings (SSSR count). The fourth-order valence-corrected chi connectivity index (χ4v) is 6.19. The summed E-state index contributed by atoms with van der Waals surface area (Å²) in [5.74, 6) is 4.12. The van der Waals surface area contributed by atoms with Crippen molar-refractivity contribution in [3.05, 3.63) is 23.8 Å². The van der Waals surface area contributed by atoms with Gasteiger partial charge in [0.05, 0.1) is 0 Å². The maximum atomic E-state index is 4.27. The van der Waals surface area contributed by atoms with Crippen molar-refractivity contribution < 1.29 is 0 Å². The van der Waals surface area contributed by atoms with Crippen LogP contribution >= 0.6 is 0 Å². The van der Waals surface area contributed by atoms with Gasteiger partial charge in [-0.2, -0.15) is 0 Å². The van der Waals surface area contributed by atoms with Gasteiger partial charge >= 0.3 is 0 Å². The van der Waals surface area contributed by atoms with Gasteiger partial charge in [0.25, 0.3) is 0 Å². The van der Waals surface area contributed by atoms with E-state index in [4.69, 9.17) is 0 Å². The highest BCUT2D eigenvalue weighted by Crippen LogP contribution is 2.60.